The van der Waals surface area contributed by atoms with Crippen LogP contribution < -0.4 is 14.2 Å². The first-order valence-corrected chi connectivity index (χ1v) is 9.31. The fourth-order valence-electron chi connectivity index (χ4n) is 3.48. The first-order valence-electron chi connectivity index (χ1n) is 9.31. The molecule has 4 rings (SSSR count). The van der Waals surface area contributed by atoms with E-state index in [0.29, 0.717) is 29.4 Å². The molecule has 2 aliphatic heterocycles. The zero-order valence-corrected chi connectivity index (χ0v) is 15.4. The van der Waals surface area contributed by atoms with Crippen molar-refractivity contribution in [3.05, 3.63) is 59.4 Å². The summed E-state index contributed by atoms with van der Waals surface area (Å²) in [6, 6.07) is 12.9. The Morgan fingerprint density at radius 1 is 1.15 bits per heavy atom. The molecule has 0 radical (unpaired) electrons. The summed E-state index contributed by atoms with van der Waals surface area (Å²) >= 11 is 0. The minimum absolute atomic E-state index is 0.125. The zero-order chi connectivity index (χ0) is 18.6. The van der Waals surface area contributed by atoms with Crippen molar-refractivity contribution in [2.45, 2.75) is 12.8 Å². The SMILES string of the molecule is COc1ccccc1/C=C1/Oc2cc(OCCN3CCCC3)ccc2C1=O. The molecule has 0 saturated carbocycles. The summed E-state index contributed by atoms with van der Waals surface area (Å²) in [5.74, 6) is 2.13. The maximum atomic E-state index is 12.6. The van der Waals surface area contributed by atoms with E-state index >= 15 is 0 Å². The lowest BCUT2D eigenvalue weighted by Gasteiger charge is -2.15. The predicted octanol–water partition coefficient (Wildman–Crippen LogP) is 3.79. The molecule has 0 unspecified atom stereocenters. The molecular weight excluding hydrogens is 342 g/mol. The number of hydrogen-bond donors (Lipinski definition) is 0. The Bertz CT molecular complexity index is 868. The van der Waals surface area contributed by atoms with Gasteiger partial charge in [-0.15, -0.1) is 0 Å². The molecule has 0 atom stereocenters. The number of fused-ring (bicyclic) bond motifs is 1. The van der Waals surface area contributed by atoms with Crippen LogP contribution in [-0.4, -0.2) is 44.0 Å². The standard InChI is InChI=1S/C22H23NO4/c1-25-19-7-3-2-6-16(19)14-21-22(24)18-9-8-17(15-20(18)27-21)26-13-12-23-10-4-5-11-23/h2-3,6-9,14-15H,4-5,10-13H2,1H3/b21-14+. The van der Waals surface area contributed by atoms with E-state index in [9.17, 15) is 4.79 Å². The van der Waals surface area contributed by atoms with Crippen LogP contribution in [0.5, 0.6) is 17.2 Å². The Labute approximate surface area is 159 Å². The number of para-hydroxylation sites is 1. The molecule has 0 amide bonds. The molecule has 1 fully saturated rings. The Kier molecular flexibility index (Phi) is 5.12. The number of Topliss-reactive ketones (excluding diaryl/α,β-unsaturated/α-hetero) is 1. The number of carbonyl (C=O) groups is 1. The molecule has 2 heterocycles. The Morgan fingerprint density at radius 2 is 1.96 bits per heavy atom. The number of methoxy groups -OCH3 is 1. The second-order valence-electron chi connectivity index (χ2n) is 6.74. The van der Waals surface area contributed by atoms with Gasteiger partial charge in [-0.1, -0.05) is 18.2 Å². The second-order valence-corrected chi connectivity index (χ2v) is 6.74. The van der Waals surface area contributed by atoms with Gasteiger partial charge in [0.25, 0.3) is 0 Å². The van der Waals surface area contributed by atoms with Crippen LogP contribution >= 0.6 is 0 Å². The van der Waals surface area contributed by atoms with Crippen molar-refractivity contribution in [1.82, 2.24) is 4.90 Å². The van der Waals surface area contributed by atoms with Crippen LogP contribution in [0, 0.1) is 0 Å². The van der Waals surface area contributed by atoms with Crippen LogP contribution in [0.25, 0.3) is 6.08 Å². The molecule has 0 aromatic heterocycles. The van der Waals surface area contributed by atoms with Crippen LogP contribution in [-0.2, 0) is 0 Å². The highest BCUT2D eigenvalue weighted by Gasteiger charge is 2.28. The molecule has 27 heavy (non-hydrogen) atoms. The largest absolute Gasteiger partial charge is 0.496 e. The van der Waals surface area contributed by atoms with Gasteiger partial charge in [0, 0.05) is 18.2 Å². The molecule has 2 aromatic rings. The van der Waals surface area contributed by atoms with Crippen LogP contribution in [0.3, 0.4) is 0 Å². The van der Waals surface area contributed by atoms with E-state index in [1.165, 1.54) is 12.8 Å². The molecule has 2 aromatic carbocycles. The molecule has 5 nitrogen and oxygen atoms in total. The third-order valence-electron chi connectivity index (χ3n) is 4.94. The number of likely N-dealkylation sites (tertiary alicyclic amines) is 1. The third kappa shape index (κ3) is 3.83. The van der Waals surface area contributed by atoms with Gasteiger partial charge >= 0.3 is 0 Å². The minimum Gasteiger partial charge on any atom is -0.496 e. The summed E-state index contributed by atoms with van der Waals surface area (Å²) in [5, 5.41) is 0. The summed E-state index contributed by atoms with van der Waals surface area (Å²) in [7, 11) is 1.61. The van der Waals surface area contributed by atoms with Gasteiger partial charge in [0.2, 0.25) is 5.78 Å². The lowest BCUT2D eigenvalue weighted by Crippen LogP contribution is -2.25. The zero-order valence-electron chi connectivity index (χ0n) is 15.4. The Hall–Kier alpha value is -2.79. The molecule has 0 aliphatic carbocycles. The number of allylic oxidation sites excluding steroid dienone is 1. The van der Waals surface area contributed by atoms with Crippen LogP contribution in [0.2, 0.25) is 0 Å². The van der Waals surface area contributed by atoms with Crippen LogP contribution in [0.4, 0.5) is 0 Å². The highest BCUT2D eigenvalue weighted by molar-refractivity contribution is 6.14. The predicted molar refractivity (Wildman–Crippen MR) is 104 cm³/mol. The molecular formula is C22H23NO4. The highest BCUT2D eigenvalue weighted by atomic mass is 16.5. The summed E-state index contributed by atoms with van der Waals surface area (Å²) in [5.41, 5.74) is 1.36. The summed E-state index contributed by atoms with van der Waals surface area (Å²) < 4.78 is 17.0. The van der Waals surface area contributed by atoms with E-state index in [1.54, 1.807) is 25.3 Å². The van der Waals surface area contributed by atoms with Gasteiger partial charge in [0.05, 0.1) is 12.7 Å². The maximum Gasteiger partial charge on any atom is 0.231 e. The Balaban J connectivity index is 1.46. The smallest absolute Gasteiger partial charge is 0.231 e. The van der Waals surface area contributed by atoms with Crippen molar-refractivity contribution < 1.29 is 19.0 Å². The average molecular weight is 365 g/mol. The van der Waals surface area contributed by atoms with Crippen molar-refractivity contribution in [3.63, 3.8) is 0 Å². The number of ketones is 1. The highest BCUT2D eigenvalue weighted by Crippen LogP contribution is 2.35. The monoisotopic (exact) mass is 365 g/mol. The van der Waals surface area contributed by atoms with E-state index in [0.717, 1.165) is 30.9 Å². The molecule has 0 bridgehead atoms. The summed E-state index contributed by atoms with van der Waals surface area (Å²) in [4.78, 5) is 15.0. The second kappa shape index (κ2) is 7.84. The van der Waals surface area contributed by atoms with Gasteiger partial charge in [-0.25, -0.2) is 0 Å². The van der Waals surface area contributed by atoms with Crippen molar-refractivity contribution >= 4 is 11.9 Å². The summed E-state index contributed by atoms with van der Waals surface area (Å²) in [6.07, 6.45) is 4.27. The number of benzene rings is 2. The number of carbonyl (C=O) groups excluding carboxylic acids is 1. The molecule has 0 spiro atoms. The van der Waals surface area contributed by atoms with Crippen molar-refractivity contribution in [2.24, 2.45) is 0 Å². The molecule has 2 aliphatic rings. The minimum atomic E-state index is -0.125. The first kappa shape index (κ1) is 17.6. The van der Waals surface area contributed by atoms with Gasteiger partial charge in [-0.05, 0) is 50.2 Å². The van der Waals surface area contributed by atoms with E-state index in [-0.39, 0.29) is 5.78 Å². The number of hydrogen-bond acceptors (Lipinski definition) is 5. The fourth-order valence-corrected chi connectivity index (χ4v) is 3.48. The molecule has 140 valence electrons. The van der Waals surface area contributed by atoms with Gasteiger partial charge < -0.3 is 14.2 Å². The van der Waals surface area contributed by atoms with E-state index in [1.807, 2.05) is 30.3 Å². The van der Waals surface area contributed by atoms with Crippen LogP contribution in [0.1, 0.15) is 28.8 Å². The van der Waals surface area contributed by atoms with E-state index in [2.05, 4.69) is 4.90 Å². The quantitative estimate of drug-likeness (QED) is 0.729. The molecule has 0 N–H and O–H groups in total. The van der Waals surface area contributed by atoms with Crippen molar-refractivity contribution in [3.8, 4) is 17.2 Å². The average Bonchev–Trinajstić information content (AvgIpc) is 3.31. The first-order chi connectivity index (χ1) is 13.2. The lowest BCUT2D eigenvalue weighted by molar-refractivity contribution is 0.101. The lowest BCUT2D eigenvalue weighted by atomic mass is 10.1. The third-order valence-corrected chi connectivity index (χ3v) is 4.94. The van der Waals surface area contributed by atoms with Gasteiger partial charge in [0.15, 0.2) is 5.76 Å². The number of nitrogens with zero attached hydrogens (tertiary/aromatic N) is 1. The van der Waals surface area contributed by atoms with E-state index < -0.39 is 0 Å². The van der Waals surface area contributed by atoms with Crippen LogP contribution in [0.15, 0.2) is 48.2 Å². The Morgan fingerprint density at radius 3 is 2.78 bits per heavy atom. The van der Waals surface area contributed by atoms with Gasteiger partial charge in [-0.3, -0.25) is 9.69 Å². The van der Waals surface area contributed by atoms with Crippen molar-refractivity contribution in [2.75, 3.05) is 33.4 Å². The van der Waals surface area contributed by atoms with Crippen molar-refractivity contribution in [1.29, 1.82) is 0 Å². The fraction of sp³-hybridized carbons (Fsp3) is 0.318. The molecule has 5 heteroatoms. The van der Waals surface area contributed by atoms with E-state index in [4.69, 9.17) is 14.2 Å². The summed E-state index contributed by atoms with van der Waals surface area (Å²) in [6.45, 7) is 3.87. The number of rotatable bonds is 6. The maximum absolute atomic E-state index is 12.6. The topological polar surface area (TPSA) is 48.0 Å². The normalized spacial score (nSPS) is 17.8. The van der Waals surface area contributed by atoms with Gasteiger partial charge in [0.1, 0.15) is 23.9 Å². The number of ether oxygens (including phenoxy) is 3. The molecule has 1 saturated heterocycles. The van der Waals surface area contributed by atoms with Gasteiger partial charge in [-0.2, -0.15) is 0 Å².